The molecule has 0 atom stereocenters. The topological polar surface area (TPSA) is 103 Å². The number of amides is 1. The highest BCUT2D eigenvalue weighted by Crippen LogP contribution is 2.16. The quantitative estimate of drug-likeness (QED) is 0.387. The minimum absolute atomic E-state index is 0.00732. The molecule has 23 heavy (non-hydrogen) atoms. The Morgan fingerprint density at radius 1 is 1.30 bits per heavy atom. The highest BCUT2D eigenvalue weighted by molar-refractivity contribution is 5.97. The van der Waals surface area contributed by atoms with E-state index in [2.05, 4.69) is 10.2 Å². The zero-order valence-corrected chi connectivity index (χ0v) is 12.7. The average Bonchev–Trinajstić information content (AvgIpc) is 2.56. The molecular formula is C15H17N5O3. The molecule has 1 amide bonds. The first-order valence-corrected chi connectivity index (χ1v) is 7.10. The van der Waals surface area contributed by atoms with Crippen LogP contribution in [0.2, 0.25) is 0 Å². The number of rotatable bonds is 4. The number of carbonyl (C=O) groups excluding carboxylic acids is 1. The molecule has 0 bridgehead atoms. The molecule has 1 heterocycles. The van der Waals surface area contributed by atoms with Gasteiger partial charge in [-0.1, -0.05) is 0 Å². The van der Waals surface area contributed by atoms with Gasteiger partial charge in [0.2, 0.25) is 0 Å². The summed E-state index contributed by atoms with van der Waals surface area (Å²) in [5.74, 6) is -0.310. The Bertz CT molecular complexity index is 655. The average molecular weight is 315 g/mol. The number of likely N-dealkylation sites (N-methyl/N-ethyl adjacent to an activating group) is 1. The lowest BCUT2D eigenvalue weighted by atomic mass is 10.2. The molecule has 1 N–H and O–H groups in total. The van der Waals surface area contributed by atoms with Crippen LogP contribution in [0.3, 0.4) is 0 Å². The Morgan fingerprint density at radius 2 is 1.91 bits per heavy atom. The SMILES string of the molecule is CN1CCN(C(=O)/C(C#N)=C\Nc2ccc([N+](=O)[O-])cc2)CC1. The molecule has 1 fully saturated rings. The van der Waals surface area contributed by atoms with Crippen LogP contribution in [0.4, 0.5) is 11.4 Å². The van der Waals surface area contributed by atoms with E-state index in [9.17, 15) is 14.9 Å². The predicted octanol–water partition coefficient (Wildman–Crippen LogP) is 1.19. The van der Waals surface area contributed by atoms with Gasteiger partial charge < -0.3 is 15.1 Å². The molecule has 0 spiro atoms. The first-order valence-electron chi connectivity index (χ1n) is 7.10. The van der Waals surface area contributed by atoms with Crippen LogP contribution in [-0.4, -0.2) is 53.9 Å². The standard InChI is InChI=1S/C15H17N5O3/c1-18-6-8-19(9-7-18)15(21)12(10-16)11-17-13-2-4-14(5-3-13)20(22)23/h2-5,11,17H,6-9H2,1H3/b12-11-. The summed E-state index contributed by atoms with van der Waals surface area (Å²) in [6.07, 6.45) is 1.34. The van der Waals surface area contributed by atoms with Crippen LogP contribution in [-0.2, 0) is 4.79 Å². The number of nitro benzene ring substituents is 1. The van der Waals surface area contributed by atoms with Crippen molar-refractivity contribution in [3.05, 3.63) is 46.2 Å². The van der Waals surface area contributed by atoms with Gasteiger partial charge in [-0.25, -0.2) is 0 Å². The number of hydrogen-bond donors (Lipinski definition) is 1. The summed E-state index contributed by atoms with van der Waals surface area (Å²) in [4.78, 5) is 26.2. The molecule has 1 aromatic carbocycles. The van der Waals surface area contributed by atoms with Crippen LogP contribution < -0.4 is 5.32 Å². The Balaban J connectivity index is 2.02. The molecule has 8 heteroatoms. The van der Waals surface area contributed by atoms with Gasteiger partial charge in [-0.2, -0.15) is 5.26 Å². The number of nitrogens with zero attached hydrogens (tertiary/aromatic N) is 4. The number of nitro groups is 1. The van der Waals surface area contributed by atoms with Crippen molar-refractivity contribution in [2.45, 2.75) is 0 Å². The van der Waals surface area contributed by atoms with Crippen molar-refractivity contribution in [1.82, 2.24) is 9.80 Å². The Kier molecular flexibility index (Phi) is 5.28. The number of carbonyl (C=O) groups is 1. The summed E-state index contributed by atoms with van der Waals surface area (Å²) < 4.78 is 0. The summed E-state index contributed by atoms with van der Waals surface area (Å²) in [7, 11) is 1.99. The van der Waals surface area contributed by atoms with Crippen molar-refractivity contribution >= 4 is 17.3 Å². The van der Waals surface area contributed by atoms with Gasteiger partial charge in [-0.15, -0.1) is 0 Å². The van der Waals surface area contributed by atoms with E-state index in [-0.39, 0.29) is 17.2 Å². The molecule has 0 unspecified atom stereocenters. The van der Waals surface area contributed by atoms with Crippen molar-refractivity contribution in [2.24, 2.45) is 0 Å². The van der Waals surface area contributed by atoms with Crippen LogP contribution in [0.25, 0.3) is 0 Å². The highest BCUT2D eigenvalue weighted by Gasteiger charge is 2.22. The molecular weight excluding hydrogens is 298 g/mol. The largest absolute Gasteiger partial charge is 0.360 e. The van der Waals surface area contributed by atoms with Gasteiger partial charge in [0.25, 0.3) is 11.6 Å². The van der Waals surface area contributed by atoms with Crippen molar-refractivity contribution in [2.75, 3.05) is 38.5 Å². The van der Waals surface area contributed by atoms with Crippen LogP contribution >= 0.6 is 0 Å². The van der Waals surface area contributed by atoms with Gasteiger partial charge >= 0.3 is 0 Å². The molecule has 0 saturated carbocycles. The van der Waals surface area contributed by atoms with Crippen LogP contribution in [0.15, 0.2) is 36.0 Å². The van der Waals surface area contributed by atoms with E-state index < -0.39 is 4.92 Å². The predicted molar refractivity (Wildman–Crippen MR) is 84.5 cm³/mol. The molecule has 0 aromatic heterocycles. The number of anilines is 1. The number of benzene rings is 1. The van der Waals surface area contributed by atoms with E-state index in [0.717, 1.165) is 13.1 Å². The van der Waals surface area contributed by atoms with Gasteiger partial charge in [-0.3, -0.25) is 14.9 Å². The van der Waals surface area contributed by atoms with Gasteiger partial charge in [0.05, 0.1) is 4.92 Å². The Morgan fingerprint density at radius 3 is 2.43 bits per heavy atom. The number of nitrogens with one attached hydrogen (secondary N) is 1. The van der Waals surface area contributed by atoms with Crippen molar-refractivity contribution in [3.8, 4) is 6.07 Å². The first kappa shape index (κ1) is 16.5. The fraction of sp³-hybridized carbons (Fsp3) is 0.333. The van der Waals surface area contributed by atoms with E-state index in [1.54, 1.807) is 4.90 Å². The lowest BCUT2D eigenvalue weighted by Gasteiger charge is -2.32. The fourth-order valence-electron chi connectivity index (χ4n) is 2.16. The normalized spacial score (nSPS) is 15.8. The van der Waals surface area contributed by atoms with Crippen molar-refractivity contribution in [1.29, 1.82) is 5.26 Å². The molecule has 1 aliphatic heterocycles. The van der Waals surface area contributed by atoms with Gasteiger partial charge in [0.1, 0.15) is 11.6 Å². The minimum Gasteiger partial charge on any atom is -0.360 e. The minimum atomic E-state index is -0.489. The maximum atomic E-state index is 12.3. The third-order valence-electron chi connectivity index (χ3n) is 3.60. The van der Waals surface area contributed by atoms with Crippen LogP contribution in [0.1, 0.15) is 0 Å². The van der Waals surface area contributed by atoms with Crippen LogP contribution in [0, 0.1) is 21.4 Å². The third kappa shape index (κ3) is 4.28. The van der Waals surface area contributed by atoms with E-state index in [1.807, 2.05) is 13.1 Å². The number of hydrogen-bond acceptors (Lipinski definition) is 6. The lowest BCUT2D eigenvalue weighted by molar-refractivity contribution is -0.384. The highest BCUT2D eigenvalue weighted by atomic mass is 16.6. The monoisotopic (exact) mass is 315 g/mol. The second kappa shape index (κ2) is 7.38. The smallest absolute Gasteiger partial charge is 0.269 e. The number of non-ortho nitro benzene ring substituents is 1. The maximum absolute atomic E-state index is 12.3. The van der Waals surface area contributed by atoms with Crippen molar-refractivity contribution in [3.63, 3.8) is 0 Å². The third-order valence-corrected chi connectivity index (χ3v) is 3.60. The maximum Gasteiger partial charge on any atom is 0.269 e. The summed E-state index contributed by atoms with van der Waals surface area (Å²) in [6, 6.07) is 7.63. The summed E-state index contributed by atoms with van der Waals surface area (Å²) in [6.45, 7) is 2.73. The molecule has 8 nitrogen and oxygen atoms in total. The van der Waals surface area contributed by atoms with E-state index in [1.165, 1.54) is 30.5 Å². The molecule has 1 saturated heterocycles. The van der Waals surface area contributed by atoms with Gasteiger partial charge in [0, 0.05) is 50.2 Å². The van der Waals surface area contributed by atoms with Gasteiger partial charge in [-0.05, 0) is 19.2 Å². The summed E-state index contributed by atoms with van der Waals surface area (Å²) in [5, 5.41) is 22.6. The number of piperazine rings is 1. The molecule has 0 radical (unpaired) electrons. The summed E-state index contributed by atoms with van der Waals surface area (Å²) >= 11 is 0. The molecule has 120 valence electrons. The van der Waals surface area contributed by atoms with Gasteiger partial charge in [0.15, 0.2) is 0 Å². The lowest BCUT2D eigenvalue weighted by Crippen LogP contribution is -2.47. The van der Waals surface area contributed by atoms with E-state index in [0.29, 0.717) is 18.8 Å². The molecule has 1 aliphatic rings. The second-order valence-corrected chi connectivity index (χ2v) is 5.21. The first-order chi connectivity index (χ1) is 11.0. The number of nitriles is 1. The zero-order valence-electron chi connectivity index (χ0n) is 12.7. The zero-order chi connectivity index (χ0) is 16.8. The van der Waals surface area contributed by atoms with E-state index in [4.69, 9.17) is 5.26 Å². The molecule has 1 aromatic rings. The summed E-state index contributed by atoms with van der Waals surface area (Å²) in [5.41, 5.74) is 0.552. The molecule has 0 aliphatic carbocycles. The molecule has 2 rings (SSSR count). The van der Waals surface area contributed by atoms with E-state index >= 15 is 0 Å². The van der Waals surface area contributed by atoms with Crippen molar-refractivity contribution < 1.29 is 9.72 Å². The second-order valence-electron chi connectivity index (χ2n) is 5.21. The Hall–Kier alpha value is -2.92. The fourth-order valence-corrected chi connectivity index (χ4v) is 2.16. The van der Waals surface area contributed by atoms with Crippen LogP contribution in [0.5, 0.6) is 0 Å². The Labute approximate surface area is 133 Å².